The summed E-state index contributed by atoms with van der Waals surface area (Å²) in [4.78, 5) is 2.47. The molecule has 0 aliphatic heterocycles. The Morgan fingerprint density at radius 1 is 0.929 bits per heavy atom. The highest BCUT2D eigenvalue weighted by Crippen LogP contribution is 2.35. The van der Waals surface area contributed by atoms with E-state index in [1.165, 1.54) is 16.8 Å². The normalized spacial score (nSPS) is 11.8. The number of hydrogen-bond donors (Lipinski definition) is 0. The fourth-order valence-electron chi connectivity index (χ4n) is 2.73. The van der Waals surface area contributed by atoms with Crippen molar-refractivity contribution in [1.82, 2.24) is 0 Å². The van der Waals surface area contributed by atoms with E-state index in [4.69, 9.17) is 14.2 Å². The van der Waals surface area contributed by atoms with Crippen LogP contribution in [0.4, 0.5) is 5.69 Å². The number of methoxy groups -OCH3 is 1. The fourth-order valence-corrected chi connectivity index (χ4v) is 5.78. The lowest BCUT2D eigenvalue weighted by Crippen LogP contribution is -2.38. The number of nitrogens with zero attached hydrogens (tertiary/aromatic N) is 1. The molecule has 0 radical (unpaired) electrons. The van der Waals surface area contributed by atoms with Gasteiger partial charge in [-0.3, -0.25) is 0 Å². The summed E-state index contributed by atoms with van der Waals surface area (Å²) in [6.45, 7) is 9.66. The maximum absolute atomic E-state index is 5.83. The third-order valence-corrected chi connectivity index (χ3v) is 8.26. The lowest BCUT2D eigenvalue weighted by atomic mass is 10.1. The van der Waals surface area contributed by atoms with Gasteiger partial charge in [-0.25, -0.2) is 0 Å². The molecular weight excluding hydrogens is 620 g/mol. The van der Waals surface area contributed by atoms with Crippen molar-refractivity contribution in [1.29, 1.82) is 0 Å². The van der Waals surface area contributed by atoms with Crippen LogP contribution in [0.3, 0.4) is 0 Å². The molecule has 4 nitrogen and oxygen atoms in total. The van der Waals surface area contributed by atoms with Gasteiger partial charge in [0.1, 0.15) is 0 Å². The van der Waals surface area contributed by atoms with Gasteiger partial charge in [-0.15, -0.1) is 0 Å². The first-order chi connectivity index (χ1) is 13.5. The molecule has 0 aromatic heterocycles. The van der Waals surface area contributed by atoms with E-state index in [2.05, 4.69) is 88.4 Å². The van der Waals surface area contributed by atoms with Gasteiger partial charge in [0.25, 0.3) is 0 Å². The molecule has 0 atom stereocenters. The second kappa shape index (κ2) is 15.8. The van der Waals surface area contributed by atoms with Crippen LogP contribution < -0.4 is 4.90 Å². The molecular formula is C20H33I2NO3S2. The van der Waals surface area contributed by atoms with Gasteiger partial charge >= 0.3 is 0 Å². The SMILES string of the molecule is COCCOCCOCCN(CC(C)(C)SSC)c1cc(CI)cc(CI)c1. The highest BCUT2D eigenvalue weighted by molar-refractivity contribution is 14.1. The van der Waals surface area contributed by atoms with Gasteiger partial charge in [-0.2, -0.15) is 0 Å². The number of anilines is 1. The highest BCUT2D eigenvalue weighted by atomic mass is 127. The van der Waals surface area contributed by atoms with Crippen LogP contribution in [-0.4, -0.2) is 64.2 Å². The monoisotopic (exact) mass is 653 g/mol. The number of halogens is 2. The van der Waals surface area contributed by atoms with E-state index in [0.29, 0.717) is 33.0 Å². The minimum absolute atomic E-state index is 0.160. The quantitative estimate of drug-likeness (QED) is 0.0967. The van der Waals surface area contributed by atoms with Crippen molar-refractivity contribution in [2.75, 3.05) is 64.4 Å². The molecule has 0 spiro atoms. The molecule has 1 rings (SSSR count). The number of hydrogen-bond acceptors (Lipinski definition) is 6. The molecule has 0 bridgehead atoms. The molecule has 1 aromatic carbocycles. The molecule has 162 valence electrons. The maximum Gasteiger partial charge on any atom is 0.0701 e. The lowest BCUT2D eigenvalue weighted by molar-refractivity contribution is 0.0264. The standard InChI is InChI=1S/C20H33I2NO3S2/c1-20(2,28-27-4)16-23(5-6-25-9-10-26-8-7-24-3)19-12-17(14-21)11-18(13-19)15-22/h11-13H,5-10,14-16H2,1-4H3. The Kier molecular flexibility index (Phi) is 15.3. The summed E-state index contributed by atoms with van der Waals surface area (Å²) >= 11 is 4.89. The van der Waals surface area contributed by atoms with Gasteiger partial charge in [0.05, 0.1) is 33.0 Å². The minimum atomic E-state index is 0.160. The molecule has 0 aliphatic carbocycles. The zero-order valence-corrected chi connectivity index (χ0v) is 23.3. The first-order valence-electron chi connectivity index (χ1n) is 9.31. The Morgan fingerprint density at radius 3 is 2.04 bits per heavy atom. The van der Waals surface area contributed by atoms with Gasteiger partial charge < -0.3 is 19.1 Å². The van der Waals surface area contributed by atoms with E-state index in [9.17, 15) is 0 Å². The van der Waals surface area contributed by atoms with Gasteiger partial charge in [-0.1, -0.05) is 72.8 Å². The number of alkyl halides is 2. The summed E-state index contributed by atoms with van der Waals surface area (Å²) in [5.41, 5.74) is 4.07. The molecule has 0 fully saturated rings. The van der Waals surface area contributed by atoms with E-state index in [-0.39, 0.29) is 4.75 Å². The largest absolute Gasteiger partial charge is 0.382 e. The van der Waals surface area contributed by atoms with Crippen LogP contribution in [0.2, 0.25) is 0 Å². The average molecular weight is 653 g/mol. The predicted octanol–water partition coefficient (Wildman–Crippen LogP) is 5.83. The highest BCUT2D eigenvalue weighted by Gasteiger charge is 2.23. The molecule has 0 amide bonds. The minimum Gasteiger partial charge on any atom is -0.382 e. The Hall–Kier alpha value is 1.06. The van der Waals surface area contributed by atoms with Crippen molar-refractivity contribution in [3.05, 3.63) is 29.3 Å². The summed E-state index contributed by atoms with van der Waals surface area (Å²) in [5, 5.41) is 0. The topological polar surface area (TPSA) is 30.9 Å². The zero-order chi connectivity index (χ0) is 20.8. The average Bonchev–Trinajstić information content (AvgIpc) is 2.68. The first kappa shape index (κ1) is 27.1. The van der Waals surface area contributed by atoms with Crippen LogP contribution in [0.5, 0.6) is 0 Å². The summed E-state index contributed by atoms with van der Waals surface area (Å²) in [7, 11) is 5.45. The Balaban J connectivity index is 2.72. The van der Waals surface area contributed by atoms with Crippen LogP contribution in [0.15, 0.2) is 18.2 Å². The van der Waals surface area contributed by atoms with Crippen molar-refractivity contribution in [3.8, 4) is 0 Å². The van der Waals surface area contributed by atoms with Gasteiger partial charge in [0.2, 0.25) is 0 Å². The molecule has 8 heteroatoms. The van der Waals surface area contributed by atoms with Crippen LogP contribution >= 0.6 is 66.8 Å². The Morgan fingerprint density at radius 2 is 1.50 bits per heavy atom. The summed E-state index contributed by atoms with van der Waals surface area (Å²) < 4.78 is 18.5. The second-order valence-electron chi connectivity index (χ2n) is 6.92. The molecule has 0 saturated carbocycles. The summed E-state index contributed by atoms with van der Waals surface area (Å²) in [6, 6.07) is 6.97. The van der Waals surface area contributed by atoms with E-state index in [1.54, 1.807) is 7.11 Å². The third kappa shape index (κ3) is 11.5. The van der Waals surface area contributed by atoms with Crippen molar-refractivity contribution in [3.63, 3.8) is 0 Å². The van der Waals surface area contributed by atoms with Crippen LogP contribution in [-0.2, 0) is 23.1 Å². The van der Waals surface area contributed by atoms with Crippen molar-refractivity contribution < 1.29 is 14.2 Å². The molecule has 28 heavy (non-hydrogen) atoms. The van der Waals surface area contributed by atoms with Crippen LogP contribution in [0, 0.1) is 0 Å². The van der Waals surface area contributed by atoms with E-state index < -0.39 is 0 Å². The van der Waals surface area contributed by atoms with Gasteiger partial charge in [0, 0.05) is 39.5 Å². The smallest absolute Gasteiger partial charge is 0.0701 e. The van der Waals surface area contributed by atoms with Crippen LogP contribution in [0.1, 0.15) is 25.0 Å². The van der Waals surface area contributed by atoms with Crippen LogP contribution in [0.25, 0.3) is 0 Å². The van der Waals surface area contributed by atoms with Crippen molar-refractivity contribution in [2.45, 2.75) is 27.4 Å². The second-order valence-corrected chi connectivity index (χ2v) is 11.6. The Labute approximate surface area is 206 Å². The maximum atomic E-state index is 5.83. The zero-order valence-electron chi connectivity index (χ0n) is 17.3. The van der Waals surface area contributed by atoms with Gasteiger partial charge in [-0.05, 0) is 43.4 Å². The van der Waals surface area contributed by atoms with E-state index in [1.807, 2.05) is 21.6 Å². The predicted molar refractivity (Wildman–Crippen MR) is 143 cm³/mol. The number of benzene rings is 1. The van der Waals surface area contributed by atoms with E-state index in [0.717, 1.165) is 21.9 Å². The molecule has 1 aromatic rings. The van der Waals surface area contributed by atoms with Gasteiger partial charge in [0.15, 0.2) is 0 Å². The molecule has 0 unspecified atom stereocenters. The number of rotatable bonds is 16. The summed E-state index contributed by atoms with van der Waals surface area (Å²) in [6.07, 6.45) is 2.15. The first-order valence-corrected chi connectivity index (χ1v) is 14.9. The Bertz CT molecular complexity index is 528. The molecule has 0 aliphatic rings. The number of ether oxygens (including phenoxy) is 3. The lowest BCUT2D eigenvalue weighted by Gasteiger charge is -2.33. The van der Waals surface area contributed by atoms with Crippen molar-refractivity contribution >= 4 is 72.5 Å². The van der Waals surface area contributed by atoms with Crippen molar-refractivity contribution in [2.24, 2.45) is 0 Å². The summed E-state index contributed by atoms with van der Waals surface area (Å²) in [5.74, 6) is 0. The molecule has 0 N–H and O–H groups in total. The van der Waals surface area contributed by atoms with E-state index >= 15 is 0 Å². The third-order valence-electron chi connectivity index (χ3n) is 3.90. The fraction of sp³-hybridized carbons (Fsp3) is 0.700. The molecule has 0 saturated heterocycles. The molecule has 0 heterocycles.